The molecule has 1 aromatic heterocycles. The van der Waals surface area contributed by atoms with E-state index in [2.05, 4.69) is 9.72 Å². The molecule has 0 spiro atoms. The van der Waals surface area contributed by atoms with Crippen LogP contribution in [0.3, 0.4) is 0 Å². The Bertz CT molecular complexity index is 529. The normalized spacial score (nSPS) is 14.3. The van der Waals surface area contributed by atoms with Gasteiger partial charge >= 0.3 is 5.97 Å². The van der Waals surface area contributed by atoms with Gasteiger partial charge in [-0.05, 0) is 30.9 Å². The smallest absolute Gasteiger partial charge is 0.339 e. The van der Waals surface area contributed by atoms with E-state index in [1.165, 1.54) is 13.3 Å². The second kappa shape index (κ2) is 6.45. The molecule has 0 fully saturated rings. The fraction of sp³-hybridized carbons (Fsp3) is 0.429. The highest BCUT2D eigenvalue weighted by Crippen LogP contribution is 2.33. The predicted molar refractivity (Wildman–Crippen MR) is 68.9 cm³/mol. The number of pyridine rings is 1. The Hall–Kier alpha value is -1.98. The fourth-order valence-electron chi connectivity index (χ4n) is 2.08. The number of halogens is 2. The van der Waals surface area contributed by atoms with Crippen molar-refractivity contribution < 1.29 is 23.0 Å². The maximum absolute atomic E-state index is 12.2. The lowest BCUT2D eigenvalue weighted by molar-refractivity contribution is 0.0598. The van der Waals surface area contributed by atoms with Gasteiger partial charge in [-0.3, -0.25) is 0 Å². The molecule has 1 aromatic rings. The largest absolute Gasteiger partial charge is 0.471 e. The molecule has 0 N–H and O–H groups in total. The summed E-state index contributed by atoms with van der Waals surface area (Å²) >= 11 is 0. The number of allylic oxidation sites excluding steroid dienone is 2. The molecule has 0 aliphatic heterocycles. The summed E-state index contributed by atoms with van der Waals surface area (Å²) < 4.78 is 34.2. The summed E-state index contributed by atoms with van der Waals surface area (Å²) in [7, 11) is 1.28. The molecule has 1 heterocycles. The first-order chi connectivity index (χ1) is 9.61. The van der Waals surface area contributed by atoms with E-state index >= 15 is 0 Å². The van der Waals surface area contributed by atoms with Gasteiger partial charge in [0.05, 0.1) is 12.7 Å². The first-order valence-electron chi connectivity index (χ1n) is 6.30. The lowest BCUT2D eigenvalue weighted by atomic mass is 10.1. The van der Waals surface area contributed by atoms with Gasteiger partial charge < -0.3 is 9.47 Å². The number of hydrogen-bond donors (Lipinski definition) is 0. The second-order valence-corrected chi connectivity index (χ2v) is 4.39. The van der Waals surface area contributed by atoms with Gasteiger partial charge in [-0.15, -0.1) is 0 Å². The van der Waals surface area contributed by atoms with E-state index in [0.29, 0.717) is 5.56 Å². The van der Waals surface area contributed by atoms with Crippen LogP contribution in [0.5, 0.6) is 5.88 Å². The number of alkyl halides is 2. The minimum Gasteiger partial charge on any atom is -0.471 e. The van der Waals surface area contributed by atoms with Gasteiger partial charge in [-0.25, -0.2) is 18.6 Å². The van der Waals surface area contributed by atoms with Crippen molar-refractivity contribution >= 4 is 11.5 Å². The summed E-state index contributed by atoms with van der Waals surface area (Å²) in [5, 5.41) is 0. The zero-order chi connectivity index (χ0) is 14.5. The molecule has 0 amide bonds. The lowest BCUT2D eigenvalue weighted by Gasteiger charge is -2.12. The van der Waals surface area contributed by atoms with Gasteiger partial charge in [-0.2, -0.15) is 0 Å². The summed E-state index contributed by atoms with van der Waals surface area (Å²) in [5.41, 5.74) is 1.83. The monoisotopic (exact) mass is 283 g/mol. The van der Waals surface area contributed by atoms with Crippen LogP contribution in [0.1, 0.15) is 35.2 Å². The van der Waals surface area contributed by atoms with E-state index in [0.717, 1.165) is 24.8 Å². The van der Waals surface area contributed by atoms with Crippen molar-refractivity contribution in [1.29, 1.82) is 0 Å². The van der Waals surface area contributed by atoms with Crippen LogP contribution in [0.2, 0.25) is 0 Å². The zero-order valence-corrected chi connectivity index (χ0v) is 11.1. The zero-order valence-electron chi connectivity index (χ0n) is 11.1. The van der Waals surface area contributed by atoms with E-state index < -0.39 is 19.0 Å². The Balaban J connectivity index is 2.32. The Morgan fingerprint density at radius 2 is 2.30 bits per heavy atom. The van der Waals surface area contributed by atoms with Crippen molar-refractivity contribution in [1.82, 2.24) is 4.98 Å². The van der Waals surface area contributed by atoms with Crippen LogP contribution < -0.4 is 4.74 Å². The molecule has 0 saturated carbocycles. The van der Waals surface area contributed by atoms with Crippen LogP contribution in [-0.4, -0.2) is 31.1 Å². The van der Waals surface area contributed by atoms with Crippen molar-refractivity contribution in [2.24, 2.45) is 0 Å². The standard InChI is InChI=1S/C14H15F2NO3/c1-19-14(18)10-6-11(9-4-2-3-5-9)13(17-7-10)20-8-12(15)16/h4,6-7,12H,2-3,5,8H2,1H3. The Morgan fingerprint density at radius 3 is 2.90 bits per heavy atom. The molecule has 0 unspecified atom stereocenters. The van der Waals surface area contributed by atoms with Gasteiger partial charge in [0.2, 0.25) is 5.88 Å². The molecule has 108 valence electrons. The number of carbonyl (C=O) groups is 1. The molecule has 0 aromatic carbocycles. The third kappa shape index (κ3) is 3.31. The SMILES string of the molecule is COC(=O)c1cnc(OCC(F)F)c(C2=CCCC2)c1. The quantitative estimate of drug-likeness (QED) is 0.779. The Kier molecular flexibility index (Phi) is 4.65. The molecular formula is C14H15F2NO3. The van der Waals surface area contributed by atoms with Gasteiger partial charge in [0, 0.05) is 11.8 Å². The van der Waals surface area contributed by atoms with Gasteiger partial charge in [-0.1, -0.05) is 6.08 Å². The van der Waals surface area contributed by atoms with Crippen molar-refractivity contribution in [2.75, 3.05) is 13.7 Å². The molecule has 20 heavy (non-hydrogen) atoms. The molecule has 0 radical (unpaired) electrons. The van der Waals surface area contributed by atoms with E-state index in [1.807, 2.05) is 6.08 Å². The number of hydrogen-bond acceptors (Lipinski definition) is 4. The first kappa shape index (κ1) is 14.4. The molecule has 2 rings (SSSR count). The predicted octanol–water partition coefficient (Wildman–Crippen LogP) is 3.08. The molecule has 4 nitrogen and oxygen atoms in total. The van der Waals surface area contributed by atoms with Gasteiger partial charge in [0.15, 0.2) is 6.61 Å². The first-order valence-corrected chi connectivity index (χ1v) is 6.30. The highest BCUT2D eigenvalue weighted by molar-refractivity contribution is 5.90. The third-order valence-electron chi connectivity index (χ3n) is 3.01. The maximum atomic E-state index is 12.2. The number of aromatic nitrogens is 1. The number of esters is 1. The summed E-state index contributed by atoms with van der Waals surface area (Å²) in [6, 6.07) is 1.58. The van der Waals surface area contributed by atoms with E-state index in [-0.39, 0.29) is 11.4 Å². The average molecular weight is 283 g/mol. The van der Waals surface area contributed by atoms with Crippen LogP contribution >= 0.6 is 0 Å². The number of carbonyl (C=O) groups excluding carboxylic acids is 1. The molecule has 0 saturated heterocycles. The summed E-state index contributed by atoms with van der Waals surface area (Å²) in [5.74, 6) is -0.385. The summed E-state index contributed by atoms with van der Waals surface area (Å²) in [4.78, 5) is 15.5. The van der Waals surface area contributed by atoms with Crippen molar-refractivity contribution in [3.05, 3.63) is 29.5 Å². The highest BCUT2D eigenvalue weighted by Gasteiger charge is 2.18. The number of ether oxygens (including phenoxy) is 2. The van der Waals surface area contributed by atoms with Crippen LogP contribution in [0.15, 0.2) is 18.3 Å². The Labute approximate surface area is 115 Å². The molecular weight excluding hydrogens is 268 g/mol. The van der Waals surface area contributed by atoms with Crippen molar-refractivity contribution in [2.45, 2.75) is 25.7 Å². The molecule has 0 bridgehead atoms. The maximum Gasteiger partial charge on any atom is 0.339 e. The fourth-order valence-corrected chi connectivity index (χ4v) is 2.08. The van der Waals surface area contributed by atoms with Crippen LogP contribution in [0.25, 0.3) is 5.57 Å². The molecule has 1 aliphatic rings. The minimum absolute atomic E-state index is 0.131. The lowest BCUT2D eigenvalue weighted by Crippen LogP contribution is -2.11. The second-order valence-electron chi connectivity index (χ2n) is 4.39. The molecule has 0 atom stereocenters. The summed E-state index contributed by atoms with van der Waals surface area (Å²) in [6.07, 6.45) is 3.44. The topological polar surface area (TPSA) is 48.4 Å². The van der Waals surface area contributed by atoms with Crippen molar-refractivity contribution in [3.63, 3.8) is 0 Å². The number of rotatable bonds is 5. The third-order valence-corrected chi connectivity index (χ3v) is 3.01. The average Bonchev–Trinajstić information content (AvgIpc) is 2.98. The van der Waals surface area contributed by atoms with Crippen LogP contribution in [-0.2, 0) is 4.74 Å². The van der Waals surface area contributed by atoms with Gasteiger partial charge in [0.25, 0.3) is 6.43 Å². The minimum atomic E-state index is -2.57. The molecule has 1 aliphatic carbocycles. The van der Waals surface area contributed by atoms with Crippen LogP contribution in [0.4, 0.5) is 8.78 Å². The number of methoxy groups -OCH3 is 1. The van der Waals surface area contributed by atoms with E-state index in [9.17, 15) is 13.6 Å². The van der Waals surface area contributed by atoms with Gasteiger partial charge in [0.1, 0.15) is 0 Å². The van der Waals surface area contributed by atoms with Crippen molar-refractivity contribution in [3.8, 4) is 5.88 Å². The molecule has 6 heteroatoms. The van der Waals surface area contributed by atoms with Crippen LogP contribution in [0, 0.1) is 0 Å². The summed E-state index contributed by atoms with van der Waals surface area (Å²) in [6.45, 7) is -0.717. The number of nitrogens with zero attached hydrogens (tertiary/aromatic N) is 1. The highest BCUT2D eigenvalue weighted by atomic mass is 19.3. The van der Waals surface area contributed by atoms with E-state index in [4.69, 9.17) is 4.74 Å². The Morgan fingerprint density at radius 1 is 1.50 bits per heavy atom. The van der Waals surface area contributed by atoms with E-state index in [1.54, 1.807) is 6.07 Å².